The first-order chi connectivity index (χ1) is 16.3. The first-order valence-corrected chi connectivity index (χ1v) is 11.3. The summed E-state index contributed by atoms with van der Waals surface area (Å²) in [6.45, 7) is 4.80. The number of carbonyl (C=O) groups is 1. The average molecular weight is 439 g/mol. The van der Waals surface area contributed by atoms with Crippen LogP contribution >= 0.6 is 0 Å². The lowest BCUT2D eigenvalue weighted by molar-refractivity contribution is -0.130. The van der Waals surface area contributed by atoms with Gasteiger partial charge in [-0.05, 0) is 49.1 Å². The number of hydrogen-bond acceptors (Lipinski definition) is 4. The quantitative estimate of drug-likeness (QED) is 0.418. The number of benzene rings is 1. The number of rotatable bonds is 6. The molecular weight excluding hydrogens is 412 g/mol. The van der Waals surface area contributed by atoms with Crippen molar-refractivity contribution in [3.05, 3.63) is 79.8 Å². The zero-order chi connectivity index (χ0) is 22.6. The fourth-order valence-electron chi connectivity index (χ4n) is 4.58. The van der Waals surface area contributed by atoms with Crippen molar-refractivity contribution in [1.29, 1.82) is 0 Å². The van der Waals surface area contributed by atoms with Crippen molar-refractivity contribution in [3.8, 4) is 28.1 Å². The maximum Gasteiger partial charge on any atom is 0.246 e. The van der Waals surface area contributed by atoms with Crippen LogP contribution in [0.25, 0.3) is 33.4 Å². The van der Waals surface area contributed by atoms with Gasteiger partial charge < -0.3 is 14.6 Å². The third-order valence-electron chi connectivity index (χ3n) is 6.19. The molecule has 0 spiro atoms. The maximum absolute atomic E-state index is 12.3. The van der Waals surface area contributed by atoms with Gasteiger partial charge in [0.15, 0.2) is 0 Å². The molecule has 0 unspecified atom stereocenters. The minimum Gasteiger partial charge on any atom is -0.489 e. The lowest BCUT2D eigenvalue weighted by Crippen LogP contribution is -2.46. The van der Waals surface area contributed by atoms with Crippen molar-refractivity contribution < 1.29 is 9.53 Å². The van der Waals surface area contributed by atoms with E-state index in [1.165, 1.54) is 6.08 Å². The number of hydrogen-bond donors (Lipinski definition) is 1. The summed E-state index contributed by atoms with van der Waals surface area (Å²) in [7, 11) is 0. The summed E-state index contributed by atoms with van der Waals surface area (Å²) < 4.78 is 6.31. The van der Waals surface area contributed by atoms with Gasteiger partial charge in [-0.25, -0.2) is 0 Å². The van der Waals surface area contributed by atoms with Crippen LogP contribution in [-0.2, 0) is 4.79 Å². The number of nitrogens with zero attached hydrogens (tertiary/aromatic N) is 3. The van der Waals surface area contributed by atoms with E-state index >= 15 is 0 Å². The Bertz CT molecular complexity index is 1280. The number of fused-ring (bicyclic) bond motifs is 1. The Balaban J connectivity index is 1.52. The number of aromatic nitrogens is 3. The van der Waals surface area contributed by atoms with Crippen LogP contribution in [-0.4, -0.2) is 45.0 Å². The summed E-state index contributed by atoms with van der Waals surface area (Å²) in [5.74, 6) is 0.639. The van der Waals surface area contributed by atoms with Gasteiger partial charge in [0.05, 0.1) is 29.0 Å². The summed E-state index contributed by atoms with van der Waals surface area (Å²) in [5.41, 5.74) is 5.84. The van der Waals surface area contributed by atoms with Crippen molar-refractivity contribution in [2.45, 2.75) is 25.3 Å². The number of H-pyrrole nitrogens is 1. The Morgan fingerprint density at radius 3 is 2.88 bits per heavy atom. The molecule has 3 aromatic heterocycles. The molecule has 1 amide bonds. The molecule has 5 rings (SSSR count). The molecule has 166 valence electrons. The molecule has 4 aromatic rings. The van der Waals surface area contributed by atoms with Crippen LogP contribution in [0.1, 0.15) is 19.3 Å². The molecule has 1 aliphatic rings. The fraction of sp³-hybridized carbons (Fsp3) is 0.222. The van der Waals surface area contributed by atoms with Crippen molar-refractivity contribution in [2.24, 2.45) is 0 Å². The van der Waals surface area contributed by atoms with E-state index in [1.807, 2.05) is 47.5 Å². The molecule has 0 aliphatic carbocycles. The van der Waals surface area contributed by atoms with Gasteiger partial charge in [-0.2, -0.15) is 0 Å². The van der Waals surface area contributed by atoms with Gasteiger partial charge in [0, 0.05) is 30.1 Å². The molecule has 0 bridgehead atoms. The predicted octanol–water partition coefficient (Wildman–Crippen LogP) is 5.24. The third-order valence-corrected chi connectivity index (χ3v) is 6.19. The summed E-state index contributed by atoms with van der Waals surface area (Å²) in [6, 6.07) is 16.2. The number of ether oxygens (including phenoxy) is 1. The Labute approximate surface area is 192 Å². The van der Waals surface area contributed by atoms with E-state index in [0.29, 0.717) is 12.4 Å². The van der Waals surface area contributed by atoms with E-state index in [0.717, 1.165) is 59.2 Å². The molecule has 1 saturated heterocycles. The number of piperidine rings is 1. The zero-order valence-corrected chi connectivity index (χ0v) is 18.4. The Kier molecular flexibility index (Phi) is 5.89. The largest absolute Gasteiger partial charge is 0.489 e. The highest BCUT2D eigenvalue weighted by molar-refractivity contribution is 6.02. The van der Waals surface area contributed by atoms with E-state index < -0.39 is 0 Å². The van der Waals surface area contributed by atoms with E-state index in [-0.39, 0.29) is 11.9 Å². The monoisotopic (exact) mass is 438 g/mol. The first-order valence-electron chi connectivity index (χ1n) is 11.3. The van der Waals surface area contributed by atoms with Crippen LogP contribution in [0.3, 0.4) is 0 Å². The first kappa shape index (κ1) is 20.9. The van der Waals surface area contributed by atoms with Crippen LogP contribution in [0.15, 0.2) is 79.8 Å². The maximum atomic E-state index is 12.3. The predicted molar refractivity (Wildman–Crippen MR) is 130 cm³/mol. The minimum absolute atomic E-state index is 0.0234. The number of carbonyl (C=O) groups excluding carboxylic acids is 1. The highest BCUT2D eigenvalue weighted by Gasteiger charge is 2.26. The second-order valence-electron chi connectivity index (χ2n) is 8.21. The Morgan fingerprint density at radius 2 is 2.03 bits per heavy atom. The minimum atomic E-state index is -0.0391. The third kappa shape index (κ3) is 4.12. The topological polar surface area (TPSA) is 71.1 Å². The zero-order valence-electron chi connectivity index (χ0n) is 18.4. The second kappa shape index (κ2) is 9.28. The van der Waals surface area contributed by atoms with Crippen LogP contribution in [0, 0.1) is 0 Å². The molecule has 1 aromatic carbocycles. The van der Waals surface area contributed by atoms with Crippen molar-refractivity contribution >= 4 is 16.9 Å². The highest BCUT2D eigenvalue weighted by Crippen LogP contribution is 2.40. The molecule has 33 heavy (non-hydrogen) atoms. The SMILES string of the molecule is C=CC(=O)N1CCCC[C@H]1COc1cnccc1-c1[nH]c2cccnc2c1-c1ccccc1. The van der Waals surface area contributed by atoms with Gasteiger partial charge in [0.25, 0.3) is 0 Å². The van der Waals surface area contributed by atoms with Crippen LogP contribution in [0.2, 0.25) is 0 Å². The number of aromatic amines is 1. The molecule has 1 atom stereocenters. The Morgan fingerprint density at radius 1 is 1.15 bits per heavy atom. The summed E-state index contributed by atoms with van der Waals surface area (Å²) >= 11 is 0. The molecule has 1 fully saturated rings. The molecular formula is C27H26N4O2. The van der Waals surface area contributed by atoms with Gasteiger partial charge in [0.2, 0.25) is 5.91 Å². The second-order valence-corrected chi connectivity index (χ2v) is 8.21. The van der Waals surface area contributed by atoms with Crippen LogP contribution in [0.4, 0.5) is 0 Å². The van der Waals surface area contributed by atoms with Crippen LogP contribution < -0.4 is 4.74 Å². The molecule has 1 N–H and O–H groups in total. The summed E-state index contributed by atoms with van der Waals surface area (Å²) in [6.07, 6.45) is 9.72. The van der Waals surface area contributed by atoms with E-state index in [1.54, 1.807) is 12.4 Å². The van der Waals surface area contributed by atoms with Gasteiger partial charge in [-0.1, -0.05) is 36.9 Å². The molecule has 1 aliphatic heterocycles. The number of pyridine rings is 2. The van der Waals surface area contributed by atoms with Crippen molar-refractivity contribution in [1.82, 2.24) is 19.9 Å². The highest BCUT2D eigenvalue weighted by atomic mass is 16.5. The molecule has 4 heterocycles. The normalized spacial score (nSPS) is 16.0. The Hall–Kier alpha value is -3.93. The van der Waals surface area contributed by atoms with E-state index in [2.05, 4.69) is 33.7 Å². The number of likely N-dealkylation sites (tertiary alicyclic amines) is 1. The molecule has 6 heteroatoms. The van der Waals surface area contributed by atoms with Gasteiger partial charge in [0.1, 0.15) is 12.4 Å². The molecule has 0 saturated carbocycles. The fourth-order valence-corrected chi connectivity index (χ4v) is 4.58. The molecule has 6 nitrogen and oxygen atoms in total. The lowest BCUT2D eigenvalue weighted by atomic mass is 10.0. The summed E-state index contributed by atoms with van der Waals surface area (Å²) in [4.78, 5) is 26.7. The van der Waals surface area contributed by atoms with Gasteiger partial charge in [-0.15, -0.1) is 0 Å². The van der Waals surface area contributed by atoms with Crippen molar-refractivity contribution in [3.63, 3.8) is 0 Å². The summed E-state index contributed by atoms with van der Waals surface area (Å²) in [5, 5.41) is 0. The number of nitrogens with one attached hydrogen (secondary N) is 1. The standard InChI is InChI=1S/C27H26N4O2/c1-2-24(32)31-16-7-6-11-20(31)18-33-23-17-28-15-13-21(23)26-25(19-9-4-3-5-10-19)27-22(30-26)12-8-14-29-27/h2-5,8-10,12-15,17,20,30H,1,6-7,11,16,18H2/t20-/m0/s1. The average Bonchev–Trinajstić information content (AvgIpc) is 3.27. The molecule has 0 radical (unpaired) electrons. The smallest absolute Gasteiger partial charge is 0.246 e. The van der Waals surface area contributed by atoms with E-state index in [9.17, 15) is 4.79 Å². The number of amides is 1. The van der Waals surface area contributed by atoms with E-state index in [4.69, 9.17) is 4.74 Å². The van der Waals surface area contributed by atoms with Crippen LogP contribution in [0.5, 0.6) is 5.75 Å². The van der Waals surface area contributed by atoms with Crippen molar-refractivity contribution in [2.75, 3.05) is 13.2 Å². The lowest BCUT2D eigenvalue weighted by Gasteiger charge is -2.35. The van der Waals surface area contributed by atoms with Gasteiger partial charge in [-0.3, -0.25) is 14.8 Å². The van der Waals surface area contributed by atoms with Gasteiger partial charge >= 0.3 is 0 Å².